The van der Waals surface area contributed by atoms with E-state index >= 15 is 0 Å². The molecule has 4 nitrogen and oxygen atoms in total. The van der Waals surface area contributed by atoms with Gasteiger partial charge in [0.15, 0.2) is 5.78 Å². The Labute approximate surface area is 118 Å². The van der Waals surface area contributed by atoms with Gasteiger partial charge in [-0.15, -0.1) is 0 Å². The molecule has 2 aromatic carbocycles. The lowest BCUT2D eigenvalue weighted by atomic mass is 10.0. The van der Waals surface area contributed by atoms with Crippen molar-refractivity contribution in [2.75, 3.05) is 12.3 Å². The highest BCUT2D eigenvalue weighted by molar-refractivity contribution is 5.85. The molecule has 4 heteroatoms. The van der Waals surface area contributed by atoms with Gasteiger partial charge in [0.25, 0.3) is 0 Å². The molecule has 0 aromatic heterocycles. The first-order valence-electron chi connectivity index (χ1n) is 6.46. The van der Waals surface area contributed by atoms with Crippen molar-refractivity contribution < 1.29 is 9.53 Å². The Morgan fingerprint density at radius 1 is 1.10 bits per heavy atom. The Hall–Kier alpha value is -2.33. The smallest absolute Gasteiger partial charge is 0.187 e. The number of ketones is 1. The van der Waals surface area contributed by atoms with Crippen LogP contribution < -0.4 is 16.2 Å². The van der Waals surface area contributed by atoms with Crippen LogP contribution in [0.3, 0.4) is 0 Å². The maximum Gasteiger partial charge on any atom is 0.187 e. The minimum absolute atomic E-state index is 0.0442. The molecule has 0 radical (unpaired) electrons. The zero-order valence-corrected chi connectivity index (χ0v) is 11.2. The monoisotopic (exact) mass is 270 g/mol. The number of hydrogen-bond donors (Lipinski definition) is 2. The second kappa shape index (κ2) is 6.73. The molecular weight excluding hydrogens is 252 g/mol. The van der Waals surface area contributed by atoms with Crippen LogP contribution in [0.4, 0.5) is 5.69 Å². The SMILES string of the molecule is Nc1cccc(OCC(=O)C(N)Cc2ccccc2)c1. The largest absolute Gasteiger partial charge is 0.486 e. The van der Waals surface area contributed by atoms with E-state index in [0.717, 1.165) is 5.56 Å². The molecule has 2 aromatic rings. The summed E-state index contributed by atoms with van der Waals surface area (Å²) in [6.45, 7) is -0.0442. The molecule has 0 fully saturated rings. The molecule has 0 saturated heterocycles. The van der Waals surface area contributed by atoms with Gasteiger partial charge in [0.1, 0.15) is 12.4 Å². The van der Waals surface area contributed by atoms with Crippen molar-refractivity contribution in [2.45, 2.75) is 12.5 Å². The Morgan fingerprint density at radius 2 is 1.85 bits per heavy atom. The Balaban J connectivity index is 1.85. The lowest BCUT2D eigenvalue weighted by molar-refractivity contribution is -0.122. The number of benzene rings is 2. The van der Waals surface area contributed by atoms with Gasteiger partial charge < -0.3 is 16.2 Å². The van der Waals surface area contributed by atoms with Crippen molar-refractivity contribution in [3.05, 3.63) is 60.2 Å². The zero-order chi connectivity index (χ0) is 14.4. The quantitative estimate of drug-likeness (QED) is 0.784. The van der Waals surface area contributed by atoms with Crippen LogP contribution in [0.5, 0.6) is 5.75 Å². The van der Waals surface area contributed by atoms with E-state index in [1.54, 1.807) is 24.3 Å². The number of nitrogen functional groups attached to an aromatic ring is 1. The van der Waals surface area contributed by atoms with Crippen LogP contribution in [0.15, 0.2) is 54.6 Å². The van der Waals surface area contributed by atoms with Crippen molar-refractivity contribution >= 4 is 11.5 Å². The molecule has 1 unspecified atom stereocenters. The summed E-state index contributed by atoms with van der Waals surface area (Å²) < 4.78 is 5.40. The average molecular weight is 270 g/mol. The van der Waals surface area contributed by atoms with Gasteiger partial charge in [0.2, 0.25) is 0 Å². The zero-order valence-electron chi connectivity index (χ0n) is 11.2. The number of carbonyl (C=O) groups is 1. The summed E-state index contributed by atoms with van der Waals surface area (Å²) in [6.07, 6.45) is 0.514. The third kappa shape index (κ3) is 4.10. The molecule has 0 bridgehead atoms. The number of rotatable bonds is 6. The topological polar surface area (TPSA) is 78.3 Å². The third-order valence-electron chi connectivity index (χ3n) is 2.95. The van der Waals surface area contributed by atoms with E-state index in [2.05, 4.69) is 0 Å². The summed E-state index contributed by atoms with van der Waals surface area (Å²) in [4.78, 5) is 11.9. The first-order chi connectivity index (χ1) is 9.65. The first-order valence-corrected chi connectivity index (χ1v) is 6.46. The second-order valence-electron chi connectivity index (χ2n) is 4.62. The molecule has 4 N–H and O–H groups in total. The van der Waals surface area contributed by atoms with Gasteiger partial charge in [-0.3, -0.25) is 4.79 Å². The van der Waals surface area contributed by atoms with Crippen LogP contribution in [-0.2, 0) is 11.2 Å². The summed E-state index contributed by atoms with van der Waals surface area (Å²) in [5.41, 5.74) is 13.2. The fraction of sp³-hybridized carbons (Fsp3) is 0.188. The Morgan fingerprint density at radius 3 is 2.55 bits per heavy atom. The lowest BCUT2D eigenvalue weighted by Crippen LogP contribution is -2.36. The van der Waals surface area contributed by atoms with Crippen LogP contribution in [0, 0.1) is 0 Å². The molecule has 0 spiro atoms. The Kier molecular flexibility index (Phi) is 4.74. The van der Waals surface area contributed by atoms with Gasteiger partial charge in [-0.05, 0) is 24.1 Å². The van der Waals surface area contributed by atoms with Crippen molar-refractivity contribution in [1.29, 1.82) is 0 Å². The summed E-state index contributed by atoms with van der Waals surface area (Å²) in [7, 11) is 0. The van der Waals surface area contributed by atoms with Gasteiger partial charge in [0, 0.05) is 11.8 Å². The number of hydrogen-bond acceptors (Lipinski definition) is 4. The molecule has 0 heterocycles. The van der Waals surface area contributed by atoms with E-state index in [1.165, 1.54) is 0 Å². The molecule has 0 amide bonds. The van der Waals surface area contributed by atoms with Gasteiger partial charge in [-0.2, -0.15) is 0 Å². The van der Waals surface area contributed by atoms with Crippen molar-refractivity contribution in [3.63, 3.8) is 0 Å². The molecule has 20 heavy (non-hydrogen) atoms. The second-order valence-corrected chi connectivity index (χ2v) is 4.62. The van der Waals surface area contributed by atoms with E-state index in [0.29, 0.717) is 17.9 Å². The van der Waals surface area contributed by atoms with Crippen molar-refractivity contribution in [3.8, 4) is 5.75 Å². The number of Topliss-reactive ketones (excluding diaryl/α,β-unsaturated/α-hetero) is 1. The number of anilines is 1. The normalized spacial score (nSPS) is 11.8. The molecule has 0 saturated carbocycles. The van der Waals surface area contributed by atoms with Gasteiger partial charge in [-0.1, -0.05) is 36.4 Å². The van der Waals surface area contributed by atoms with E-state index < -0.39 is 6.04 Å². The van der Waals surface area contributed by atoms with E-state index in [-0.39, 0.29) is 12.4 Å². The van der Waals surface area contributed by atoms with Crippen LogP contribution >= 0.6 is 0 Å². The van der Waals surface area contributed by atoms with Crippen LogP contribution in [0.2, 0.25) is 0 Å². The number of ether oxygens (including phenoxy) is 1. The number of nitrogens with two attached hydrogens (primary N) is 2. The molecular formula is C16H18N2O2. The maximum atomic E-state index is 11.9. The highest BCUT2D eigenvalue weighted by atomic mass is 16.5. The molecule has 1 atom stereocenters. The summed E-state index contributed by atoms with van der Waals surface area (Å²) in [5, 5.41) is 0. The summed E-state index contributed by atoms with van der Waals surface area (Å²) in [6, 6.07) is 16.1. The Bertz CT molecular complexity index is 570. The minimum atomic E-state index is -0.557. The van der Waals surface area contributed by atoms with Crippen LogP contribution in [0.1, 0.15) is 5.56 Å². The molecule has 0 aliphatic carbocycles. The highest BCUT2D eigenvalue weighted by Gasteiger charge is 2.14. The van der Waals surface area contributed by atoms with Gasteiger partial charge in [-0.25, -0.2) is 0 Å². The number of carbonyl (C=O) groups excluding carboxylic acids is 1. The predicted octanol–water partition coefficient (Wildman–Crippen LogP) is 1.79. The lowest BCUT2D eigenvalue weighted by Gasteiger charge is -2.12. The first kappa shape index (κ1) is 14.1. The molecule has 0 aliphatic heterocycles. The summed E-state index contributed by atoms with van der Waals surface area (Å²) in [5.74, 6) is 0.446. The van der Waals surface area contributed by atoms with E-state index in [9.17, 15) is 4.79 Å². The predicted molar refractivity (Wildman–Crippen MR) is 79.5 cm³/mol. The summed E-state index contributed by atoms with van der Waals surface area (Å²) >= 11 is 0. The van der Waals surface area contributed by atoms with Crippen LogP contribution in [0.25, 0.3) is 0 Å². The highest BCUT2D eigenvalue weighted by Crippen LogP contribution is 2.14. The standard InChI is InChI=1S/C16H18N2O2/c17-13-7-4-8-14(10-13)20-11-16(19)15(18)9-12-5-2-1-3-6-12/h1-8,10,15H,9,11,17-18H2. The van der Waals surface area contributed by atoms with Crippen LogP contribution in [-0.4, -0.2) is 18.4 Å². The van der Waals surface area contributed by atoms with E-state index in [1.807, 2.05) is 30.3 Å². The maximum absolute atomic E-state index is 11.9. The van der Waals surface area contributed by atoms with Crippen molar-refractivity contribution in [1.82, 2.24) is 0 Å². The third-order valence-corrected chi connectivity index (χ3v) is 2.95. The average Bonchev–Trinajstić information content (AvgIpc) is 2.46. The van der Waals surface area contributed by atoms with Gasteiger partial charge >= 0.3 is 0 Å². The molecule has 0 aliphatic rings. The van der Waals surface area contributed by atoms with Crippen molar-refractivity contribution in [2.24, 2.45) is 5.73 Å². The van der Waals surface area contributed by atoms with Gasteiger partial charge in [0.05, 0.1) is 6.04 Å². The minimum Gasteiger partial charge on any atom is -0.486 e. The fourth-order valence-electron chi connectivity index (χ4n) is 1.85. The fourth-order valence-corrected chi connectivity index (χ4v) is 1.85. The molecule has 104 valence electrons. The molecule has 2 rings (SSSR count). The van der Waals surface area contributed by atoms with E-state index in [4.69, 9.17) is 16.2 Å².